The van der Waals surface area contributed by atoms with Crippen LogP contribution in [0.5, 0.6) is 0 Å². The minimum atomic E-state index is -0.851. The number of hydrogen-bond acceptors (Lipinski definition) is 6. The smallest absolute Gasteiger partial charge is 0.0999 e. The van der Waals surface area contributed by atoms with Gasteiger partial charge in [-0.3, -0.25) is 9.36 Å². The van der Waals surface area contributed by atoms with Crippen LogP contribution in [0.15, 0.2) is 43.2 Å². The van der Waals surface area contributed by atoms with Gasteiger partial charge in [-0.25, -0.2) is 9.50 Å². The van der Waals surface area contributed by atoms with E-state index in [-0.39, 0.29) is 13.2 Å². The third-order valence-electron chi connectivity index (χ3n) is 4.96. The van der Waals surface area contributed by atoms with Crippen molar-refractivity contribution in [3.8, 4) is 22.5 Å². The molecule has 0 saturated heterocycles. The largest absolute Gasteiger partial charge is 0.394 e. The zero-order chi connectivity index (χ0) is 20.4. The van der Waals surface area contributed by atoms with Crippen LogP contribution < -0.4 is 0 Å². The number of aromatic nitrogens is 7. The Kier molecular flexibility index (Phi) is 5.41. The molecule has 0 amide bonds. The average molecular weight is 395 g/mol. The number of hydrogen-bond donors (Lipinski definition) is 2. The third-order valence-corrected chi connectivity index (χ3v) is 4.96. The van der Waals surface area contributed by atoms with Crippen molar-refractivity contribution >= 4 is 5.52 Å². The topological polar surface area (TPSA) is 106 Å². The van der Waals surface area contributed by atoms with Gasteiger partial charge in [-0.05, 0) is 19.4 Å². The summed E-state index contributed by atoms with van der Waals surface area (Å²) in [5.41, 5.74) is 4.16. The molecule has 0 spiro atoms. The second kappa shape index (κ2) is 8.14. The molecule has 0 aromatic carbocycles. The van der Waals surface area contributed by atoms with Gasteiger partial charge >= 0.3 is 0 Å². The summed E-state index contributed by atoms with van der Waals surface area (Å²) < 4.78 is 5.37. The summed E-state index contributed by atoms with van der Waals surface area (Å²) in [7, 11) is 0. The van der Waals surface area contributed by atoms with Crippen LogP contribution in [-0.4, -0.2) is 57.1 Å². The highest BCUT2D eigenvalue weighted by Crippen LogP contribution is 2.27. The van der Waals surface area contributed by atoms with Crippen LogP contribution in [-0.2, 0) is 6.54 Å². The number of nitrogens with zero attached hydrogens (tertiary/aromatic N) is 7. The Labute approximate surface area is 168 Å². The van der Waals surface area contributed by atoms with Crippen LogP contribution in [0.25, 0.3) is 28.0 Å². The summed E-state index contributed by atoms with van der Waals surface area (Å²) in [6, 6.07) is 2.26. The van der Waals surface area contributed by atoms with E-state index in [0.29, 0.717) is 6.04 Å². The van der Waals surface area contributed by atoms with Gasteiger partial charge in [0.05, 0.1) is 60.9 Å². The first-order valence-electron chi connectivity index (χ1n) is 9.79. The molecule has 0 aliphatic rings. The molecule has 152 valence electrons. The van der Waals surface area contributed by atoms with Crippen LogP contribution in [0.1, 0.15) is 32.7 Å². The Morgan fingerprint density at radius 2 is 1.90 bits per heavy atom. The van der Waals surface area contributed by atoms with E-state index in [9.17, 15) is 5.11 Å². The van der Waals surface area contributed by atoms with Crippen molar-refractivity contribution in [2.24, 2.45) is 0 Å². The molecule has 4 aromatic rings. The van der Waals surface area contributed by atoms with Crippen molar-refractivity contribution in [1.82, 2.24) is 34.2 Å². The minimum absolute atomic E-state index is 0.218. The van der Waals surface area contributed by atoms with Crippen molar-refractivity contribution in [3.63, 3.8) is 0 Å². The van der Waals surface area contributed by atoms with Crippen molar-refractivity contribution in [1.29, 1.82) is 0 Å². The van der Waals surface area contributed by atoms with Gasteiger partial charge in [0.25, 0.3) is 0 Å². The maximum absolute atomic E-state index is 9.63. The molecule has 0 radical (unpaired) electrons. The molecule has 0 fully saturated rings. The summed E-state index contributed by atoms with van der Waals surface area (Å²) in [6.07, 6.45) is 12.3. The summed E-state index contributed by atoms with van der Waals surface area (Å²) in [6.45, 7) is 4.24. The molecule has 2 N–H and O–H groups in total. The van der Waals surface area contributed by atoms with E-state index in [1.54, 1.807) is 27.8 Å². The molecule has 0 bridgehead atoms. The van der Waals surface area contributed by atoms with E-state index in [1.165, 1.54) is 0 Å². The van der Waals surface area contributed by atoms with E-state index in [1.807, 2.05) is 29.3 Å². The molecule has 4 rings (SSSR count). The summed E-state index contributed by atoms with van der Waals surface area (Å²) in [5, 5.41) is 31.8. The van der Waals surface area contributed by atoms with Gasteiger partial charge in [0.2, 0.25) is 0 Å². The molecule has 0 aliphatic carbocycles. The molecule has 2 atom stereocenters. The molecule has 2 unspecified atom stereocenters. The van der Waals surface area contributed by atoms with Gasteiger partial charge in [0, 0.05) is 29.6 Å². The van der Waals surface area contributed by atoms with Gasteiger partial charge in [-0.1, -0.05) is 13.3 Å². The maximum atomic E-state index is 9.63. The van der Waals surface area contributed by atoms with Gasteiger partial charge < -0.3 is 10.2 Å². The van der Waals surface area contributed by atoms with Gasteiger partial charge in [-0.2, -0.15) is 15.3 Å². The van der Waals surface area contributed by atoms with E-state index < -0.39 is 6.10 Å². The fourth-order valence-electron chi connectivity index (χ4n) is 3.40. The van der Waals surface area contributed by atoms with Crippen molar-refractivity contribution < 1.29 is 10.2 Å². The van der Waals surface area contributed by atoms with E-state index in [0.717, 1.165) is 40.9 Å². The predicted molar refractivity (Wildman–Crippen MR) is 108 cm³/mol. The van der Waals surface area contributed by atoms with Crippen LogP contribution in [0.4, 0.5) is 0 Å². The highest BCUT2D eigenvalue weighted by atomic mass is 16.3. The normalized spacial score (nSPS) is 13.8. The average Bonchev–Trinajstić information content (AvgIpc) is 3.47. The first-order valence-corrected chi connectivity index (χ1v) is 9.79. The monoisotopic (exact) mass is 395 g/mol. The molecule has 29 heavy (non-hydrogen) atoms. The second-order valence-corrected chi connectivity index (χ2v) is 7.27. The molecule has 4 heterocycles. The van der Waals surface area contributed by atoms with Crippen LogP contribution in [0.2, 0.25) is 0 Å². The van der Waals surface area contributed by atoms with Crippen molar-refractivity contribution in [2.45, 2.75) is 45.4 Å². The molecule has 0 aliphatic heterocycles. The fraction of sp³-hybridized carbons (Fsp3) is 0.400. The number of aliphatic hydroxyl groups is 2. The zero-order valence-electron chi connectivity index (χ0n) is 16.5. The van der Waals surface area contributed by atoms with Crippen LogP contribution in [0.3, 0.4) is 0 Å². The molecular formula is C20H25N7O2. The summed E-state index contributed by atoms with van der Waals surface area (Å²) >= 11 is 0. The standard InChI is InChI=1S/C20H25N7O2/c1-3-4-14(2)26-10-16(8-23-26)20-19-5-6-21-27(19)12-18(24-20)15-7-22-25(9-15)11-17(29)13-28/h5-10,12,14,17,28-29H,3-4,11,13H2,1-2H3. The number of aliphatic hydroxyl groups excluding tert-OH is 2. The Balaban J connectivity index is 1.72. The lowest BCUT2D eigenvalue weighted by molar-refractivity contribution is 0.0783. The Bertz CT molecular complexity index is 1100. The quantitative estimate of drug-likeness (QED) is 0.474. The van der Waals surface area contributed by atoms with Crippen LogP contribution in [0, 0.1) is 0 Å². The molecule has 9 nitrogen and oxygen atoms in total. The lowest BCUT2D eigenvalue weighted by Gasteiger charge is -2.10. The zero-order valence-corrected chi connectivity index (χ0v) is 16.5. The lowest BCUT2D eigenvalue weighted by atomic mass is 10.2. The van der Waals surface area contributed by atoms with Crippen LogP contribution >= 0.6 is 0 Å². The van der Waals surface area contributed by atoms with Gasteiger partial charge in [0.15, 0.2) is 0 Å². The van der Waals surface area contributed by atoms with E-state index in [4.69, 9.17) is 10.1 Å². The predicted octanol–water partition coefficient (Wildman–Crippen LogP) is 2.17. The lowest BCUT2D eigenvalue weighted by Crippen LogP contribution is -2.19. The Morgan fingerprint density at radius 1 is 1.07 bits per heavy atom. The summed E-state index contributed by atoms with van der Waals surface area (Å²) in [5.74, 6) is 0. The first kappa shape index (κ1) is 19.3. The van der Waals surface area contributed by atoms with E-state index in [2.05, 4.69) is 29.1 Å². The number of rotatable bonds is 8. The van der Waals surface area contributed by atoms with Gasteiger partial charge in [0.1, 0.15) is 0 Å². The fourth-order valence-corrected chi connectivity index (χ4v) is 3.40. The maximum Gasteiger partial charge on any atom is 0.0999 e. The molecule has 4 aromatic heterocycles. The first-order chi connectivity index (χ1) is 14.1. The van der Waals surface area contributed by atoms with Gasteiger partial charge in [-0.15, -0.1) is 0 Å². The Hall–Kier alpha value is -3.04. The molecular weight excluding hydrogens is 370 g/mol. The van der Waals surface area contributed by atoms with Crippen molar-refractivity contribution in [3.05, 3.63) is 43.2 Å². The highest BCUT2D eigenvalue weighted by molar-refractivity contribution is 5.78. The van der Waals surface area contributed by atoms with E-state index >= 15 is 0 Å². The van der Waals surface area contributed by atoms with Crippen molar-refractivity contribution in [2.75, 3.05) is 6.61 Å². The Morgan fingerprint density at radius 3 is 2.69 bits per heavy atom. The number of fused-ring (bicyclic) bond motifs is 1. The SMILES string of the molecule is CCCC(C)n1cc(-c2nc(-c3cnn(CC(O)CO)c3)cn3nccc23)cn1. The second-order valence-electron chi connectivity index (χ2n) is 7.27. The molecule has 0 saturated carbocycles. The highest BCUT2D eigenvalue weighted by Gasteiger charge is 2.15. The molecule has 9 heteroatoms. The minimum Gasteiger partial charge on any atom is -0.394 e. The third kappa shape index (κ3) is 3.92. The summed E-state index contributed by atoms with van der Waals surface area (Å²) in [4.78, 5) is 4.87.